The van der Waals surface area contributed by atoms with Crippen LogP contribution in [0.2, 0.25) is 0 Å². The van der Waals surface area contributed by atoms with E-state index in [-0.39, 0.29) is 11.8 Å². The molecule has 1 fully saturated rings. The number of nitrogens with zero attached hydrogens (tertiary/aromatic N) is 1. The van der Waals surface area contributed by atoms with Gasteiger partial charge in [-0.2, -0.15) is 0 Å². The summed E-state index contributed by atoms with van der Waals surface area (Å²) in [4.78, 5) is 10.7. The van der Waals surface area contributed by atoms with Gasteiger partial charge in [-0.05, 0) is 24.5 Å². The molecule has 1 atom stereocenters. The Labute approximate surface area is 124 Å². The molecule has 21 heavy (non-hydrogen) atoms. The summed E-state index contributed by atoms with van der Waals surface area (Å²) in [7, 11) is 0. The molecule has 6 heteroatoms. The maximum Gasteiger partial charge on any atom is 0.310 e. The minimum absolute atomic E-state index is 0.00821. The summed E-state index contributed by atoms with van der Waals surface area (Å²) in [5.41, 5.74) is 0.981. The van der Waals surface area contributed by atoms with Gasteiger partial charge in [0.25, 0.3) is 0 Å². The highest BCUT2D eigenvalue weighted by atomic mass is 16.6. The van der Waals surface area contributed by atoms with Gasteiger partial charge in [0.05, 0.1) is 11.5 Å². The molecule has 0 aliphatic carbocycles. The van der Waals surface area contributed by atoms with Crippen LogP contribution in [0.3, 0.4) is 0 Å². The van der Waals surface area contributed by atoms with Gasteiger partial charge in [-0.15, -0.1) is 0 Å². The number of benzene rings is 1. The maximum absolute atomic E-state index is 11.1. The molecule has 1 saturated heterocycles. The van der Waals surface area contributed by atoms with Crippen molar-refractivity contribution in [3.05, 3.63) is 33.9 Å². The van der Waals surface area contributed by atoms with Gasteiger partial charge in [-0.1, -0.05) is 19.9 Å². The van der Waals surface area contributed by atoms with Crippen molar-refractivity contribution in [2.24, 2.45) is 0 Å². The van der Waals surface area contributed by atoms with Gasteiger partial charge in [-0.25, -0.2) is 0 Å². The van der Waals surface area contributed by atoms with Crippen molar-refractivity contribution in [2.75, 3.05) is 13.2 Å². The second kappa shape index (κ2) is 7.38. The lowest BCUT2D eigenvalue weighted by Gasteiger charge is -2.23. The zero-order chi connectivity index (χ0) is 15.2. The van der Waals surface area contributed by atoms with Crippen LogP contribution in [0.1, 0.15) is 32.3 Å². The van der Waals surface area contributed by atoms with E-state index in [0.29, 0.717) is 24.9 Å². The summed E-state index contributed by atoms with van der Waals surface area (Å²) in [5, 5.41) is 14.4. The average Bonchev–Trinajstić information content (AvgIpc) is 2.46. The summed E-state index contributed by atoms with van der Waals surface area (Å²) in [6.07, 6.45) is 1.68. The summed E-state index contributed by atoms with van der Waals surface area (Å²) < 4.78 is 11.2. The summed E-state index contributed by atoms with van der Waals surface area (Å²) >= 11 is 0. The normalized spacial score (nSPS) is 18.7. The molecule has 1 aliphatic heterocycles. The molecule has 2 rings (SSSR count). The number of nitrogens with one attached hydrogen (secondary N) is 1. The summed E-state index contributed by atoms with van der Waals surface area (Å²) in [5.74, 6) is 0.332. The average molecular weight is 294 g/mol. The number of hydrogen-bond acceptors (Lipinski definition) is 5. The predicted molar refractivity (Wildman–Crippen MR) is 79.5 cm³/mol. The van der Waals surface area contributed by atoms with Gasteiger partial charge in [0.15, 0.2) is 5.75 Å². The Bertz CT molecular complexity index is 485. The van der Waals surface area contributed by atoms with Crippen molar-refractivity contribution in [2.45, 2.75) is 45.4 Å². The van der Waals surface area contributed by atoms with Crippen molar-refractivity contribution in [3.63, 3.8) is 0 Å². The predicted octanol–water partition coefficient (Wildman–Crippen LogP) is 2.65. The largest absolute Gasteiger partial charge is 0.481 e. The van der Waals surface area contributed by atoms with Crippen molar-refractivity contribution < 1.29 is 14.4 Å². The molecule has 1 aromatic carbocycles. The second-order valence-corrected chi connectivity index (χ2v) is 5.55. The van der Waals surface area contributed by atoms with E-state index in [9.17, 15) is 10.1 Å². The molecule has 0 aromatic heterocycles. The minimum Gasteiger partial charge on any atom is -0.481 e. The Hall–Kier alpha value is -1.66. The third-order valence-electron chi connectivity index (χ3n) is 3.35. The molecular weight excluding hydrogens is 272 g/mol. The van der Waals surface area contributed by atoms with E-state index in [1.54, 1.807) is 12.1 Å². The minimum atomic E-state index is -0.404. The van der Waals surface area contributed by atoms with Crippen molar-refractivity contribution in [1.29, 1.82) is 0 Å². The van der Waals surface area contributed by atoms with Crippen molar-refractivity contribution >= 4 is 5.69 Å². The highest BCUT2D eigenvalue weighted by Gasteiger charge is 2.21. The lowest BCUT2D eigenvalue weighted by atomic mass is 10.1. The van der Waals surface area contributed by atoms with Crippen LogP contribution in [0, 0.1) is 10.1 Å². The van der Waals surface area contributed by atoms with E-state index in [4.69, 9.17) is 9.47 Å². The molecule has 1 unspecified atom stereocenters. The van der Waals surface area contributed by atoms with Gasteiger partial charge in [-0.3, -0.25) is 10.1 Å². The van der Waals surface area contributed by atoms with Crippen LogP contribution in [0.5, 0.6) is 5.75 Å². The lowest BCUT2D eigenvalue weighted by Crippen LogP contribution is -2.28. The number of nitro groups is 1. The fourth-order valence-electron chi connectivity index (χ4n) is 2.22. The fourth-order valence-corrected chi connectivity index (χ4v) is 2.22. The Kier molecular flexibility index (Phi) is 5.52. The first kappa shape index (κ1) is 15.7. The van der Waals surface area contributed by atoms with E-state index in [1.165, 1.54) is 6.07 Å². The van der Waals surface area contributed by atoms with Gasteiger partial charge >= 0.3 is 5.69 Å². The molecular formula is C15H22N2O4. The molecule has 116 valence electrons. The standard InChI is InChI=1S/C15H22N2O4/c1-11(2)16-9-12-5-6-14(17(18)19)15(8-12)21-13-4-3-7-20-10-13/h5-6,8,11,13,16H,3-4,7,9-10H2,1-2H3. The summed E-state index contributed by atoms with van der Waals surface area (Å²) in [6, 6.07) is 5.38. The second-order valence-electron chi connectivity index (χ2n) is 5.55. The van der Waals surface area contributed by atoms with Gasteiger partial charge in [0, 0.05) is 25.3 Å². The van der Waals surface area contributed by atoms with Crippen LogP contribution in [0.25, 0.3) is 0 Å². The molecule has 0 saturated carbocycles. The van der Waals surface area contributed by atoms with Crippen LogP contribution in [0.15, 0.2) is 18.2 Å². The number of nitro benzene ring substituents is 1. The van der Waals surface area contributed by atoms with E-state index in [1.807, 2.05) is 0 Å². The first-order valence-electron chi connectivity index (χ1n) is 7.31. The molecule has 1 heterocycles. The maximum atomic E-state index is 11.1. The van der Waals surface area contributed by atoms with E-state index >= 15 is 0 Å². The first-order chi connectivity index (χ1) is 10.1. The zero-order valence-corrected chi connectivity index (χ0v) is 12.5. The Morgan fingerprint density at radius 1 is 1.52 bits per heavy atom. The van der Waals surface area contributed by atoms with Crippen LogP contribution in [0.4, 0.5) is 5.69 Å². The molecule has 6 nitrogen and oxygen atoms in total. The molecule has 0 radical (unpaired) electrons. The van der Waals surface area contributed by atoms with Crippen molar-refractivity contribution in [3.8, 4) is 5.75 Å². The third kappa shape index (κ3) is 4.68. The first-order valence-corrected chi connectivity index (χ1v) is 7.31. The smallest absolute Gasteiger partial charge is 0.310 e. The van der Waals surface area contributed by atoms with E-state index in [2.05, 4.69) is 19.2 Å². The van der Waals surface area contributed by atoms with Crippen LogP contribution in [-0.2, 0) is 11.3 Å². The van der Waals surface area contributed by atoms with Crippen LogP contribution >= 0.6 is 0 Å². The van der Waals surface area contributed by atoms with Crippen LogP contribution < -0.4 is 10.1 Å². The molecule has 1 aromatic rings. The van der Waals surface area contributed by atoms with Gasteiger partial charge in [0.1, 0.15) is 6.10 Å². The zero-order valence-electron chi connectivity index (χ0n) is 12.5. The highest BCUT2D eigenvalue weighted by Crippen LogP contribution is 2.30. The molecule has 0 bridgehead atoms. The number of rotatable bonds is 6. The molecule has 1 N–H and O–H groups in total. The van der Waals surface area contributed by atoms with E-state index in [0.717, 1.165) is 25.0 Å². The lowest BCUT2D eigenvalue weighted by molar-refractivity contribution is -0.386. The Morgan fingerprint density at radius 2 is 2.33 bits per heavy atom. The molecule has 0 spiro atoms. The Morgan fingerprint density at radius 3 is 2.95 bits per heavy atom. The van der Waals surface area contributed by atoms with Crippen LogP contribution in [-0.4, -0.2) is 30.3 Å². The fraction of sp³-hybridized carbons (Fsp3) is 0.600. The number of hydrogen-bond donors (Lipinski definition) is 1. The van der Waals surface area contributed by atoms with E-state index < -0.39 is 4.92 Å². The van der Waals surface area contributed by atoms with Gasteiger partial charge in [0.2, 0.25) is 0 Å². The highest BCUT2D eigenvalue weighted by molar-refractivity contribution is 5.48. The quantitative estimate of drug-likeness (QED) is 0.645. The SMILES string of the molecule is CC(C)NCc1ccc([N+](=O)[O-])c(OC2CCCOC2)c1. The van der Waals surface area contributed by atoms with Gasteiger partial charge < -0.3 is 14.8 Å². The third-order valence-corrected chi connectivity index (χ3v) is 3.35. The number of ether oxygens (including phenoxy) is 2. The molecule has 0 amide bonds. The monoisotopic (exact) mass is 294 g/mol. The van der Waals surface area contributed by atoms with Crippen molar-refractivity contribution in [1.82, 2.24) is 5.32 Å². The molecule has 1 aliphatic rings. The summed E-state index contributed by atoms with van der Waals surface area (Å²) in [6.45, 7) is 6.00. The Balaban J connectivity index is 2.13. The topological polar surface area (TPSA) is 73.6 Å².